The van der Waals surface area contributed by atoms with Crippen molar-refractivity contribution in [1.29, 1.82) is 0 Å². The van der Waals surface area contributed by atoms with E-state index in [2.05, 4.69) is 30.3 Å². The van der Waals surface area contributed by atoms with Gasteiger partial charge in [0.15, 0.2) is 0 Å². The second-order valence-electron chi connectivity index (χ2n) is 5.66. The van der Waals surface area contributed by atoms with Crippen molar-refractivity contribution in [3.8, 4) is 16.9 Å². The van der Waals surface area contributed by atoms with E-state index in [9.17, 15) is 4.79 Å². The fraction of sp³-hybridized carbons (Fsp3) is 0.190. The van der Waals surface area contributed by atoms with Crippen molar-refractivity contribution >= 4 is 12.0 Å². The molecular weight excluding hydrogens is 300 g/mol. The first-order chi connectivity index (χ1) is 11.7. The molecule has 2 aromatic carbocycles. The Balaban J connectivity index is 1.91. The number of rotatable bonds is 4. The minimum absolute atomic E-state index is 0.320. The summed E-state index contributed by atoms with van der Waals surface area (Å²) in [6.07, 6.45) is 3.60. The first kappa shape index (κ1) is 16.1. The SMILES string of the molecule is CCOC(=O)/C=C(/C)C1=Cc2cc(-c3ccccc3)ccc2OC1. The summed E-state index contributed by atoms with van der Waals surface area (Å²) >= 11 is 0. The first-order valence-corrected chi connectivity index (χ1v) is 8.05. The molecule has 0 radical (unpaired) electrons. The average molecular weight is 320 g/mol. The smallest absolute Gasteiger partial charge is 0.331 e. The lowest BCUT2D eigenvalue weighted by atomic mass is 9.98. The fourth-order valence-electron chi connectivity index (χ4n) is 2.67. The second kappa shape index (κ2) is 7.18. The monoisotopic (exact) mass is 320 g/mol. The molecule has 2 aromatic rings. The molecule has 3 nitrogen and oxygen atoms in total. The average Bonchev–Trinajstić information content (AvgIpc) is 2.61. The van der Waals surface area contributed by atoms with Crippen LogP contribution in [-0.4, -0.2) is 19.2 Å². The molecule has 0 saturated heterocycles. The van der Waals surface area contributed by atoms with Crippen LogP contribution < -0.4 is 4.74 Å². The Bertz CT molecular complexity index is 801. The van der Waals surface area contributed by atoms with Gasteiger partial charge in [-0.3, -0.25) is 0 Å². The molecule has 0 atom stereocenters. The molecule has 0 aliphatic carbocycles. The van der Waals surface area contributed by atoms with Gasteiger partial charge >= 0.3 is 5.97 Å². The molecule has 0 spiro atoms. The Morgan fingerprint density at radius 2 is 1.96 bits per heavy atom. The molecule has 3 rings (SSSR count). The van der Waals surface area contributed by atoms with Gasteiger partial charge in [0.2, 0.25) is 0 Å². The van der Waals surface area contributed by atoms with Crippen LogP contribution in [0.15, 0.2) is 65.8 Å². The summed E-state index contributed by atoms with van der Waals surface area (Å²) in [5, 5.41) is 0. The Morgan fingerprint density at radius 3 is 2.71 bits per heavy atom. The zero-order chi connectivity index (χ0) is 16.9. The molecule has 0 bridgehead atoms. The molecule has 0 amide bonds. The van der Waals surface area contributed by atoms with Gasteiger partial charge in [0.05, 0.1) is 6.61 Å². The lowest BCUT2D eigenvalue weighted by molar-refractivity contribution is -0.137. The molecular formula is C21H20O3. The molecule has 0 N–H and O–H groups in total. The zero-order valence-electron chi connectivity index (χ0n) is 13.9. The van der Waals surface area contributed by atoms with E-state index in [1.54, 1.807) is 6.92 Å². The fourth-order valence-corrected chi connectivity index (χ4v) is 2.67. The van der Waals surface area contributed by atoms with Gasteiger partial charge in [-0.1, -0.05) is 36.4 Å². The number of fused-ring (bicyclic) bond motifs is 1. The lowest BCUT2D eigenvalue weighted by Crippen LogP contribution is -2.09. The van der Waals surface area contributed by atoms with Crippen LogP contribution in [0.1, 0.15) is 19.4 Å². The minimum Gasteiger partial charge on any atom is -0.488 e. The molecule has 1 aliphatic rings. The van der Waals surface area contributed by atoms with Crippen molar-refractivity contribution in [3.63, 3.8) is 0 Å². The van der Waals surface area contributed by atoms with Crippen LogP contribution in [0.2, 0.25) is 0 Å². The van der Waals surface area contributed by atoms with Gasteiger partial charge in [-0.15, -0.1) is 0 Å². The van der Waals surface area contributed by atoms with E-state index in [0.717, 1.165) is 28.0 Å². The molecule has 0 aromatic heterocycles. The number of ether oxygens (including phenoxy) is 2. The zero-order valence-corrected chi connectivity index (χ0v) is 13.9. The number of benzene rings is 2. The molecule has 122 valence electrons. The van der Waals surface area contributed by atoms with Crippen molar-refractivity contribution in [3.05, 3.63) is 71.3 Å². The summed E-state index contributed by atoms with van der Waals surface area (Å²) < 4.78 is 10.8. The maximum atomic E-state index is 11.6. The minimum atomic E-state index is -0.320. The van der Waals surface area contributed by atoms with Crippen LogP contribution in [0, 0.1) is 0 Å². The van der Waals surface area contributed by atoms with E-state index in [1.165, 1.54) is 11.6 Å². The normalized spacial score (nSPS) is 13.6. The quantitative estimate of drug-likeness (QED) is 0.608. The topological polar surface area (TPSA) is 35.5 Å². The van der Waals surface area contributed by atoms with Gasteiger partial charge in [0.25, 0.3) is 0 Å². The summed E-state index contributed by atoms with van der Waals surface area (Å²) in [7, 11) is 0. The predicted molar refractivity (Wildman–Crippen MR) is 95.7 cm³/mol. The standard InChI is InChI=1S/C21H20O3/c1-3-23-21(22)11-15(2)19-13-18-12-17(9-10-20(18)24-14-19)16-7-5-4-6-8-16/h4-13H,3,14H2,1-2H3/b15-11-. The summed E-state index contributed by atoms with van der Waals surface area (Å²) in [4.78, 5) is 11.6. The molecule has 1 aliphatic heterocycles. The molecule has 0 fully saturated rings. The highest BCUT2D eigenvalue weighted by molar-refractivity contribution is 5.84. The largest absolute Gasteiger partial charge is 0.488 e. The third-order valence-corrected chi connectivity index (χ3v) is 3.96. The van der Waals surface area contributed by atoms with Gasteiger partial charge < -0.3 is 9.47 Å². The van der Waals surface area contributed by atoms with Crippen LogP contribution in [-0.2, 0) is 9.53 Å². The van der Waals surface area contributed by atoms with Crippen molar-refractivity contribution in [1.82, 2.24) is 0 Å². The second-order valence-corrected chi connectivity index (χ2v) is 5.66. The number of esters is 1. The van der Waals surface area contributed by atoms with Gasteiger partial charge in [-0.25, -0.2) is 4.79 Å². The molecule has 3 heteroatoms. The van der Waals surface area contributed by atoms with Gasteiger partial charge in [-0.2, -0.15) is 0 Å². The maximum absolute atomic E-state index is 11.6. The van der Waals surface area contributed by atoms with Crippen LogP contribution in [0.4, 0.5) is 0 Å². The van der Waals surface area contributed by atoms with E-state index < -0.39 is 0 Å². The Hall–Kier alpha value is -2.81. The third-order valence-electron chi connectivity index (χ3n) is 3.96. The highest BCUT2D eigenvalue weighted by atomic mass is 16.5. The summed E-state index contributed by atoms with van der Waals surface area (Å²) in [5.74, 6) is 0.544. The van der Waals surface area contributed by atoms with E-state index in [-0.39, 0.29) is 5.97 Å². The van der Waals surface area contributed by atoms with Gasteiger partial charge in [0, 0.05) is 11.6 Å². The predicted octanol–water partition coefficient (Wildman–Crippen LogP) is 4.64. The number of hydrogen-bond acceptors (Lipinski definition) is 3. The highest BCUT2D eigenvalue weighted by Gasteiger charge is 2.14. The Morgan fingerprint density at radius 1 is 1.17 bits per heavy atom. The first-order valence-electron chi connectivity index (χ1n) is 8.05. The maximum Gasteiger partial charge on any atom is 0.331 e. The highest BCUT2D eigenvalue weighted by Crippen LogP contribution is 2.32. The van der Waals surface area contributed by atoms with Crippen molar-refractivity contribution in [2.24, 2.45) is 0 Å². The van der Waals surface area contributed by atoms with E-state index in [4.69, 9.17) is 9.47 Å². The van der Waals surface area contributed by atoms with Crippen LogP contribution in [0.25, 0.3) is 17.2 Å². The summed E-state index contributed by atoms with van der Waals surface area (Å²) in [6.45, 7) is 4.53. The Kier molecular flexibility index (Phi) is 4.80. The Labute approximate surface area is 142 Å². The van der Waals surface area contributed by atoms with E-state index >= 15 is 0 Å². The summed E-state index contributed by atoms with van der Waals surface area (Å²) in [6, 6.07) is 16.4. The number of carbonyl (C=O) groups is 1. The third kappa shape index (κ3) is 3.57. The van der Waals surface area contributed by atoms with Crippen LogP contribution in [0.3, 0.4) is 0 Å². The van der Waals surface area contributed by atoms with Crippen LogP contribution in [0.5, 0.6) is 5.75 Å². The lowest BCUT2D eigenvalue weighted by Gasteiger charge is -2.19. The molecule has 1 heterocycles. The van der Waals surface area contributed by atoms with Crippen molar-refractivity contribution < 1.29 is 14.3 Å². The molecule has 24 heavy (non-hydrogen) atoms. The van der Waals surface area contributed by atoms with Gasteiger partial charge in [0.1, 0.15) is 12.4 Å². The molecule has 0 saturated carbocycles. The number of carbonyl (C=O) groups excluding carboxylic acids is 1. The van der Waals surface area contributed by atoms with E-state index in [0.29, 0.717) is 13.2 Å². The summed E-state index contributed by atoms with van der Waals surface area (Å²) in [5.41, 5.74) is 5.18. The van der Waals surface area contributed by atoms with E-state index in [1.807, 2.05) is 31.2 Å². The van der Waals surface area contributed by atoms with Crippen molar-refractivity contribution in [2.45, 2.75) is 13.8 Å². The number of hydrogen-bond donors (Lipinski definition) is 0. The molecule has 0 unspecified atom stereocenters. The van der Waals surface area contributed by atoms with Crippen molar-refractivity contribution in [2.75, 3.05) is 13.2 Å². The van der Waals surface area contributed by atoms with Gasteiger partial charge in [-0.05, 0) is 54.3 Å². The van der Waals surface area contributed by atoms with Crippen LogP contribution >= 0.6 is 0 Å².